The van der Waals surface area contributed by atoms with Crippen LogP contribution in [0.15, 0.2) is 30.3 Å². The van der Waals surface area contributed by atoms with Crippen molar-refractivity contribution >= 4 is 6.16 Å². The Morgan fingerprint density at radius 3 is 2.39 bits per heavy atom. The van der Waals surface area contributed by atoms with Crippen molar-refractivity contribution in [3.63, 3.8) is 0 Å². The smallest absolute Gasteiger partial charge is 0.506 e. The van der Waals surface area contributed by atoms with Crippen molar-refractivity contribution in [2.24, 2.45) is 11.8 Å². The second-order valence-corrected chi connectivity index (χ2v) is 7.19. The highest BCUT2D eigenvalue weighted by molar-refractivity contribution is 5.57. The molecule has 2 aromatic carbocycles. The third-order valence-electron chi connectivity index (χ3n) is 4.90. The van der Waals surface area contributed by atoms with Crippen LogP contribution in [-0.4, -0.2) is 37.8 Å². The molecule has 2 aromatic rings. The lowest BCUT2D eigenvalue weighted by Crippen LogP contribution is -2.40. The number of carboxylic acid groups (broad SMARTS) is 1. The van der Waals surface area contributed by atoms with Crippen LogP contribution >= 0.6 is 0 Å². The van der Waals surface area contributed by atoms with E-state index in [9.17, 15) is 25.2 Å². The average Bonchev–Trinajstić information content (AvgIpc) is 2.61. The van der Waals surface area contributed by atoms with Crippen molar-refractivity contribution in [1.29, 1.82) is 0 Å². The number of rotatable bonds is 4. The van der Waals surface area contributed by atoms with Gasteiger partial charge < -0.3 is 35.0 Å². The van der Waals surface area contributed by atoms with E-state index in [0.717, 1.165) is 0 Å². The summed E-state index contributed by atoms with van der Waals surface area (Å²) >= 11 is 0. The van der Waals surface area contributed by atoms with Crippen molar-refractivity contribution in [3.8, 4) is 28.7 Å². The summed E-state index contributed by atoms with van der Waals surface area (Å²) < 4.78 is 11.1. The minimum absolute atomic E-state index is 0.162. The molecule has 8 heteroatoms. The molecule has 150 valence electrons. The molecule has 3 rings (SSSR count). The van der Waals surface area contributed by atoms with Gasteiger partial charge in [-0.05, 0) is 30.0 Å². The Morgan fingerprint density at radius 2 is 1.79 bits per heavy atom. The van der Waals surface area contributed by atoms with Crippen molar-refractivity contribution in [1.82, 2.24) is 0 Å². The predicted molar refractivity (Wildman–Crippen MR) is 97.8 cm³/mol. The maximum atomic E-state index is 11.2. The summed E-state index contributed by atoms with van der Waals surface area (Å²) in [5, 5.41) is 48.6. The molecule has 0 amide bonds. The summed E-state index contributed by atoms with van der Waals surface area (Å²) in [7, 11) is 0. The van der Waals surface area contributed by atoms with Crippen LogP contribution in [-0.2, 0) is 11.2 Å². The lowest BCUT2D eigenvalue weighted by atomic mass is 9.79. The maximum Gasteiger partial charge on any atom is 0.506 e. The summed E-state index contributed by atoms with van der Waals surface area (Å²) in [6, 6.07) is 6.75. The number of phenols is 4. The Labute approximate surface area is 161 Å². The monoisotopic (exact) mass is 390 g/mol. The average molecular weight is 390 g/mol. The number of ether oxygens (including phenoxy) is 2. The highest BCUT2D eigenvalue weighted by Crippen LogP contribution is 2.47. The van der Waals surface area contributed by atoms with Gasteiger partial charge in [0.1, 0.15) is 29.5 Å². The summed E-state index contributed by atoms with van der Waals surface area (Å²) in [5.41, 5.74) is 0.926. The Bertz CT molecular complexity index is 892. The molecule has 1 aliphatic heterocycles. The molecule has 0 bridgehead atoms. The van der Waals surface area contributed by atoms with E-state index in [-0.39, 0.29) is 41.1 Å². The van der Waals surface area contributed by atoms with E-state index in [1.165, 1.54) is 24.3 Å². The zero-order chi connectivity index (χ0) is 20.6. The molecule has 0 spiro atoms. The predicted octanol–water partition coefficient (Wildman–Crippen LogP) is 3.52. The fourth-order valence-corrected chi connectivity index (χ4v) is 3.65. The summed E-state index contributed by atoms with van der Waals surface area (Å²) in [4.78, 5) is 11.2. The van der Waals surface area contributed by atoms with Crippen LogP contribution in [0.4, 0.5) is 4.79 Å². The summed E-state index contributed by atoms with van der Waals surface area (Å²) in [5.74, 6) is -1.45. The third kappa shape index (κ3) is 3.71. The lowest BCUT2D eigenvalue weighted by molar-refractivity contribution is -0.0405. The van der Waals surface area contributed by atoms with Gasteiger partial charge in [-0.1, -0.05) is 19.9 Å². The zero-order valence-electron chi connectivity index (χ0n) is 15.4. The molecule has 0 saturated carbocycles. The molecular formula is C20H22O8. The van der Waals surface area contributed by atoms with Gasteiger partial charge in [0.2, 0.25) is 0 Å². The van der Waals surface area contributed by atoms with E-state index in [4.69, 9.17) is 14.6 Å². The number of phenolic OH excluding ortho intramolecular Hbond substituents is 4. The molecular weight excluding hydrogens is 368 g/mol. The minimum Gasteiger partial charge on any atom is -0.508 e. The van der Waals surface area contributed by atoms with Gasteiger partial charge in [0, 0.05) is 23.6 Å². The van der Waals surface area contributed by atoms with E-state index >= 15 is 0 Å². The normalized spacial score (nSPS) is 19.5. The van der Waals surface area contributed by atoms with E-state index < -0.39 is 24.3 Å². The van der Waals surface area contributed by atoms with Crippen molar-refractivity contribution in [3.05, 3.63) is 41.5 Å². The van der Waals surface area contributed by atoms with E-state index in [1.54, 1.807) is 6.07 Å². The van der Waals surface area contributed by atoms with Crippen LogP contribution in [0.3, 0.4) is 0 Å². The maximum absolute atomic E-state index is 11.2. The Kier molecular flexibility index (Phi) is 5.13. The molecule has 0 aliphatic carbocycles. The summed E-state index contributed by atoms with van der Waals surface area (Å²) in [6.45, 7) is 3.62. The Morgan fingerprint density at radius 1 is 1.07 bits per heavy atom. The standard InChI is InChI=1S/C20H22O8/c1-9(2)18(28-20(25)26)13-8-12-15(23)6-11(21)7-17(12)27-19(13)10-3-4-14(22)16(24)5-10/h3-7,9,13,18-19,21-24H,8H2,1-2H3,(H,25,26)/t13-,18?,19+/m1/s1. The van der Waals surface area contributed by atoms with Gasteiger partial charge in [-0.3, -0.25) is 0 Å². The van der Waals surface area contributed by atoms with E-state index in [1.807, 2.05) is 13.8 Å². The lowest BCUT2D eigenvalue weighted by Gasteiger charge is -2.39. The number of fused-ring (bicyclic) bond motifs is 1. The molecule has 1 heterocycles. The first-order chi connectivity index (χ1) is 13.2. The van der Waals surface area contributed by atoms with Gasteiger partial charge in [-0.25, -0.2) is 4.79 Å². The van der Waals surface area contributed by atoms with Crippen LogP contribution in [0.5, 0.6) is 28.7 Å². The van der Waals surface area contributed by atoms with Crippen molar-refractivity contribution in [2.75, 3.05) is 0 Å². The molecule has 3 atom stereocenters. The van der Waals surface area contributed by atoms with Gasteiger partial charge in [-0.2, -0.15) is 0 Å². The SMILES string of the molecule is CC(C)C(OC(=O)O)[C@H]1Cc2c(O)cc(O)cc2O[C@H]1c1ccc(O)c(O)c1. The largest absolute Gasteiger partial charge is 0.508 e. The van der Waals surface area contributed by atoms with Crippen LogP contribution in [0, 0.1) is 11.8 Å². The molecule has 28 heavy (non-hydrogen) atoms. The third-order valence-corrected chi connectivity index (χ3v) is 4.90. The topological polar surface area (TPSA) is 137 Å². The fraction of sp³-hybridized carbons (Fsp3) is 0.350. The van der Waals surface area contributed by atoms with E-state index in [0.29, 0.717) is 11.1 Å². The van der Waals surface area contributed by atoms with E-state index in [2.05, 4.69) is 0 Å². The number of carbonyl (C=O) groups is 1. The van der Waals surface area contributed by atoms with Gasteiger partial charge in [-0.15, -0.1) is 0 Å². The first-order valence-electron chi connectivity index (χ1n) is 8.80. The molecule has 0 fully saturated rings. The van der Waals surface area contributed by atoms with Gasteiger partial charge in [0.25, 0.3) is 0 Å². The molecule has 0 aromatic heterocycles. The molecule has 0 saturated heterocycles. The van der Waals surface area contributed by atoms with Gasteiger partial charge in [0.15, 0.2) is 11.5 Å². The minimum atomic E-state index is -1.42. The molecule has 1 unspecified atom stereocenters. The number of hydrogen-bond donors (Lipinski definition) is 5. The number of hydrogen-bond acceptors (Lipinski definition) is 7. The Balaban J connectivity index is 2.10. The van der Waals surface area contributed by atoms with Crippen molar-refractivity contribution in [2.45, 2.75) is 32.5 Å². The Hall–Kier alpha value is -3.29. The first kappa shape index (κ1) is 19.5. The molecule has 1 aliphatic rings. The summed E-state index contributed by atoms with van der Waals surface area (Å²) in [6.07, 6.45) is -2.71. The first-order valence-corrected chi connectivity index (χ1v) is 8.80. The van der Waals surface area contributed by atoms with Crippen molar-refractivity contribution < 1.29 is 39.8 Å². The molecule has 5 N–H and O–H groups in total. The zero-order valence-corrected chi connectivity index (χ0v) is 15.4. The second kappa shape index (κ2) is 7.38. The van der Waals surface area contributed by atoms with Crippen LogP contribution in [0.2, 0.25) is 0 Å². The van der Waals surface area contributed by atoms with Gasteiger partial charge >= 0.3 is 6.16 Å². The quantitative estimate of drug-likeness (QED) is 0.395. The fourth-order valence-electron chi connectivity index (χ4n) is 3.65. The number of aromatic hydroxyl groups is 4. The molecule has 8 nitrogen and oxygen atoms in total. The van der Waals surface area contributed by atoms with Crippen LogP contribution in [0.25, 0.3) is 0 Å². The van der Waals surface area contributed by atoms with Crippen LogP contribution < -0.4 is 4.74 Å². The van der Waals surface area contributed by atoms with Gasteiger partial charge in [0.05, 0.1) is 0 Å². The molecule has 0 radical (unpaired) electrons. The van der Waals surface area contributed by atoms with Crippen LogP contribution in [0.1, 0.15) is 31.1 Å². The highest BCUT2D eigenvalue weighted by Gasteiger charge is 2.41. The second-order valence-electron chi connectivity index (χ2n) is 7.19. The number of benzene rings is 2. The highest BCUT2D eigenvalue weighted by atomic mass is 16.7.